The van der Waals surface area contributed by atoms with Crippen molar-refractivity contribution in [2.45, 2.75) is 36.5 Å². The molecule has 0 saturated carbocycles. The Morgan fingerprint density at radius 3 is 2.38 bits per heavy atom. The molecule has 1 amide bonds. The first-order chi connectivity index (χ1) is 15.5. The van der Waals surface area contributed by atoms with Crippen LogP contribution in [0.3, 0.4) is 0 Å². The van der Waals surface area contributed by atoms with E-state index in [0.29, 0.717) is 5.57 Å². The number of aliphatic hydroxyl groups excluding tert-OH is 1. The van der Waals surface area contributed by atoms with Gasteiger partial charge in [0.25, 0.3) is 0 Å². The summed E-state index contributed by atoms with van der Waals surface area (Å²) >= 11 is 3.17. The topological polar surface area (TPSA) is 143 Å². The largest absolute Gasteiger partial charge is 0.741 e. The van der Waals surface area contributed by atoms with Crippen LogP contribution >= 0.6 is 23.1 Å². The van der Waals surface area contributed by atoms with Crippen LogP contribution in [0, 0.1) is 11.8 Å². The lowest BCUT2D eigenvalue weighted by Crippen LogP contribution is -2.63. The molecule has 188 valence electrons. The second kappa shape index (κ2) is 8.82. The Kier molecular flexibility index (Phi) is 6.86. The first-order valence-corrected chi connectivity index (χ1v) is 13.0. The lowest BCUT2D eigenvalue weighted by molar-refractivity contribution is -0.705. The molecule has 2 N–H and O–H groups in total. The monoisotopic (exact) mass is 543 g/mol. The number of carboxylic acids is 1. The predicted octanol–water partition coefficient (Wildman–Crippen LogP) is 1.25. The number of carbonyl (C=O) groups excluding carboxylic acids is 1. The van der Waals surface area contributed by atoms with Crippen LogP contribution in [0.5, 0.6) is 0 Å². The van der Waals surface area contributed by atoms with Gasteiger partial charge in [0.15, 0.2) is 10.1 Å². The number of aryl methyl sites for hydroxylation is 1. The van der Waals surface area contributed by atoms with Gasteiger partial charge in [0.2, 0.25) is 22.1 Å². The molecule has 0 aromatic carbocycles. The number of carbonyl (C=O) groups is 2. The minimum Gasteiger partial charge on any atom is -0.741 e. The summed E-state index contributed by atoms with van der Waals surface area (Å²) in [4.78, 5) is 27.7. The number of aliphatic carboxylic acids is 1. The molecule has 0 spiro atoms. The minimum atomic E-state index is -6.09. The van der Waals surface area contributed by atoms with Crippen molar-refractivity contribution in [1.29, 1.82) is 0 Å². The van der Waals surface area contributed by atoms with Gasteiger partial charge in [-0.15, -0.1) is 0 Å². The van der Waals surface area contributed by atoms with E-state index in [1.165, 1.54) is 16.2 Å². The molecule has 2 aliphatic rings. The highest BCUT2D eigenvalue weighted by atomic mass is 32.2. The van der Waals surface area contributed by atoms with Crippen molar-refractivity contribution in [3.8, 4) is 0 Å². The van der Waals surface area contributed by atoms with E-state index in [9.17, 15) is 33.0 Å². The third kappa shape index (κ3) is 4.21. The van der Waals surface area contributed by atoms with Gasteiger partial charge < -0.3 is 19.7 Å². The number of thiazole rings is 1. The fraction of sp³-hybridized carbons (Fsp3) is 0.500. The number of rotatable bonds is 4. The van der Waals surface area contributed by atoms with Gasteiger partial charge >= 0.3 is 11.5 Å². The number of alkyl halides is 3. The number of fused-ring (bicyclic) bond motifs is 2. The molecule has 2 aromatic heterocycles. The zero-order valence-electron chi connectivity index (χ0n) is 18.1. The van der Waals surface area contributed by atoms with Crippen LogP contribution in [-0.2, 0) is 26.8 Å². The van der Waals surface area contributed by atoms with E-state index in [1.54, 1.807) is 18.7 Å². The molecule has 34 heavy (non-hydrogen) atoms. The maximum Gasteiger partial charge on any atom is 0.485 e. The minimum absolute atomic E-state index is 0.0592. The highest BCUT2D eigenvalue weighted by molar-refractivity contribution is 7.98. The summed E-state index contributed by atoms with van der Waals surface area (Å²) in [7, 11) is -4.11. The summed E-state index contributed by atoms with van der Waals surface area (Å²) in [5, 5.41) is 20.8. The van der Waals surface area contributed by atoms with Gasteiger partial charge in [0, 0.05) is 11.5 Å². The summed E-state index contributed by atoms with van der Waals surface area (Å²) in [5.74, 6) is -2.08. The molecule has 0 radical (unpaired) electrons. The second-order valence-corrected chi connectivity index (χ2v) is 11.0. The van der Waals surface area contributed by atoms with Crippen LogP contribution in [0.2, 0.25) is 0 Å². The summed E-state index contributed by atoms with van der Waals surface area (Å²) in [6, 6.07) is -0.291. The van der Waals surface area contributed by atoms with Crippen LogP contribution in [0.25, 0.3) is 10.4 Å². The van der Waals surface area contributed by atoms with Crippen LogP contribution in [-0.4, -0.2) is 68.3 Å². The number of amides is 1. The Morgan fingerprint density at radius 1 is 1.38 bits per heavy atom. The Balaban J connectivity index is 0.000000350. The standard InChI is InChI=1S/C17H19N3O4S2.CHF3O3S/c1-7-10(9-5-19-6-18(3)15(25-4)16(19)26-9)13(17(23)24)20-12(7)11(8(2)21)14(20)22;2-1(3,4)8(5,6)7/h5-8,11-12,21H,1-4H3;(H,5,6,7)/t7-,8+,11+,12+;/m0./s1. The van der Waals surface area contributed by atoms with E-state index in [2.05, 4.69) is 0 Å². The summed E-state index contributed by atoms with van der Waals surface area (Å²) in [6.07, 6.45) is 5.11. The molecule has 1 saturated heterocycles. The van der Waals surface area contributed by atoms with Gasteiger partial charge in [-0.3, -0.25) is 4.79 Å². The zero-order valence-corrected chi connectivity index (χ0v) is 20.5. The lowest BCUT2D eigenvalue weighted by Gasteiger charge is -2.46. The number of β-lactam (4-membered cyclic amide) rings is 1. The SMILES string of the molecule is CSc1c2sc(C3=C(C(=O)O)N4C(=O)[C@H]([C@@H](C)O)[C@H]4[C@H]3C)cn2c[n+]1C.O=S(=O)([O-])C(F)(F)F. The Hall–Kier alpha value is -2.14. The van der Waals surface area contributed by atoms with Crippen LogP contribution in [0.4, 0.5) is 13.2 Å². The van der Waals surface area contributed by atoms with Crippen molar-refractivity contribution in [3.05, 3.63) is 23.1 Å². The molecular weight excluding hydrogens is 523 g/mol. The van der Waals surface area contributed by atoms with E-state index in [1.807, 2.05) is 41.7 Å². The van der Waals surface area contributed by atoms with E-state index in [4.69, 9.17) is 13.0 Å². The van der Waals surface area contributed by atoms with Gasteiger partial charge in [0.1, 0.15) is 11.9 Å². The molecular formula is C18H20F3N3O7S3. The van der Waals surface area contributed by atoms with Crippen LogP contribution < -0.4 is 4.57 Å². The zero-order chi connectivity index (χ0) is 25.9. The van der Waals surface area contributed by atoms with Gasteiger partial charge in [0.05, 0.1) is 30.0 Å². The van der Waals surface area contributed by atoms with E-state index < -0.39 is 33.6 Å². The first-order valence-electron chi connectivity index (χ1n) is 9.58. The van der Waals surface area contributed by atoms with Gasteiger partial charge in [-0.1, -0.05) is 30.0 Å². The molecule has 0 unspecified atom stereocenters. The number of hydrogen-bond donors (Lipinski definition) is 2. The molecule has 0 aliphatic carbocycles. The first kappa shape index (κ1) is 26.5. The van der Waals surface area contributed by atoms with Crippen molar-refractivity contribution in [3.63, 3.8) is 0 Å². The number of thioether (sulfide) groups is 1. The Labute approximate surface area is 200 Å². The number of imidazole rings is 1. The number of aliphatic hydroxyl groups is 1. The van der Waals surface area contributed by atoms with E-state index in [-0.39, 0.29) is 23.6 Å². The number of carboxylic acid groups (broad SMARTS) is 1. The smallest absolute Gasteiger partial charge is 0.485 e. The van der Waals surface area contributed by atoms with E-state index >= 15 is 0 Å². The third-order valence-corrected chi connectivity index (χ3v) is 8.32. The molecule has 1 fully saturated rings. The van der Waals surface area contributed by atoms with Gasteiger partial charge in [-0.25, -0.2) is 17.8 Å². The normalized spacial score (nSPS) is 23.5. The van der Waals surface area contributed by atoms with Crippen molar-refractivity contribution in [2.75, 3.05) is 6.26 Å². The molecule has 0 bridgehead atoms. The number of nitrogens with zero attached hydrogens (tertiary/aromatic N) is 3. The van der Waals surface area contributed by atoms with Crippen molar-refractivity contribution in [1.82, 2.24) is 9.30 Å². The highest BCUT2D eigenvalue weighted by Crippen LogP contribution is 2.51. The third-order valence-electron chi connectivity index (χ3n) is 5.62. The van der Waals surface area contributed by atoms with Crippen LogP contribution in [0.1, 0.15) is 18.7 Å². The number of hydrogen-bond acceptors (Lipinski definition) is 8. The quantitative estimate of drug-likeness (QED) is 0.193. The maximum atomic E-state index is 12.4. The van der Waals surface area contributed by atoms with Crippen molar-refractivity contribution >= 4 is 55.5 Å². The van der Waals surface area contributed by atoms with Crippen LogP contribution in [0.15, 0.2) is 23.2 Å². The Bertz CT molecular complexity index is 1300. The summed E-state index contributed by atoms with van der Waals surface area (Å²) in [5.41, 5.74) is -4.90. The average Bonchev–Trinajstić information content (AvgIpc) is 3.27. The molecule has 16 heteroatoms. The summed E-state index contributed by atoms with van der Waals surface area (Å²) < 4.78 is 62.9. The molecule has 4 heterocycles. The fourth-order valence-corrected chi connectivity index (χ4v) is 6.44. The molecule has 2 aromatic rings. The number of halogens is 3. The van der Waals surface area contributed by atoms with Crippen molar-refractivity contribution in [2.24, 2.45) is 18.9 Å². The lowest BCUT2D eigenvalue weighted by atomic mass is 9.77. The molecule has 10 nitrogen and oxygen atoms in total. The second-order valence-electron chi connectivity index (χ2n) is 7.76. The summed E-state index contributed by atoms with van der Waals surface area (Å²) in [6.45, 7) is 3.53. The molecule has 4 atom stereocenters. The average molecular weight is 544 g/mol. The van der Waals surface area contributed by atoms with E-state index in [0.717, 1.165) is 14.7 Å². The van der Waals surface area contributed by atoms with Crippen molar-refractivity contribution < 1.29 is 50.5 Å². The van der Waals surface area contributed by atoms with Gasteiger partial charge in [-0.05, 0) is 13.2 Å². The molecule has 2 aliphatic heterocycles. The molecule has 4 rings (SSSR count). The predicted molar refractivity (Wildman–Crippen MR) is 114 cm³/mol. The highest BCUT2D eigenvalue weighted by Gasteiger charge is 2.60. The maximum absolute atomic E-state index is 12.4. The Morgan fingerprint density at radius 2 is 1.94 bits per heavy atom. The number of aromatic nitrogens is 2. The van der Waals surface area contributed by atoms with Gasteiger partial charge in [-0.2, -0.15) is 17.6 Å². The fourth-order valence-electron chi connectivity index (χ4n) is 4.25.